The highest BCUT2D eigenvalue weighted by Crippen LogP contribution is 1.86. The lowest BCUT2D eigenvalue weighted by molar-refractivity contribution is -0.121. The van der Waals surface area contributed by atoms with Gasteiger partial charge in [0.05, 0.1) is 0 Å². The maximum Gasteiger partial charge on any atom is 0.221 e. The minimum atomic E-state index is -0.00352. The molecule has 1 unspecified atom stereocenters. The van der Waals surface area contributed by atoms with Gasteiger partial charge in [0.15, 0.2) is 0 Å². The number of carbonyl (C=O) groups is 1. The Morgan fingerprint density at radius 3 is 3.18 bits per heavy atom. The molecule has 1 rings (SSSR count). The Balaban J connectivity index is 2.19. The molecule has 0 aliphatic carbocycles. The van der Waals surface area contributed by atoms with Crippen LogP contribution in [0.1, 0.15) is 13.3 Å². The highest BCUT2D eigenvalue weighted by Gasteiger charge is 2.13. The number of nitrogens with one attached hydrogen (secondary N) is 2. The van der Waals surface area contributed by atoms with Gasteiger partial charge in [-0.25, -0.2) is 5.32 Å². The van der Waals surface area contributed by atoms with Crippen LogP contribution in [0.2, 0.25) is 0 Å². The molecule has 1 aliphatic heterocycles. The number of hydrogen-bond acceptors (Lipinski definition) is 2. The summed E-state index contributed by atoms with van der Waals surface area (Å²) in [5.74, 6) is 0.0717. The fourth-order valence-electron chi connectivity index (χ4n) is 0.987. The molecule has 0 aromatic rings. The van der Waals surface area contributed by atoms with Gasteiger partial charge in [-0.2, -0.15) is 0 Å². The smallest absolute Gasteiger partial charge is 0.221 e. The first kappa shape index (κ1) is 8.49. The molecule has 1 saturated heterocycles. The average Bonchev–Trinajstić information content (AvgIpc) is 2.06. The molecule has 63 valence electrons. The van der Waals surface area contributed by atoms with Gasteiger partial charge in [-0.05, 0) is 0 Å². The van der Waals surface area contributed by atoms with Crippen molar-refractivity contribution in [2.45, 2.75) is 19.5 Å². The van der Waals surface area contributed by atoms with Crippen molar-refractivity contribution >= 4 is 5.91 Å². The molecule has 0 aromatic carbocycles. The highest BCUT2D eigenvalue weighted by molar-refractivity contribution is 5.75. The summed E-state index contributed by atoms with van der Waals surface area (Å²) in [6.45, 7) is 4.34. The Kier molecular flexibility index (Phi) is 3.32. The number of hydrogen-bond donors (Lipinski definition) is 2. The van der Waals surface area contributed by atoms with E-state index in [1.54, 1.807) is 0 Å². The van der Waals surface area contributed by atoms with Crippen LogP contribution in [0.25, 0.3) is 0 Å². The molecule has 0 bridgehead atoms. The lowest BCUT2D eigenvalue weighted by Crippen LogP contribution is -2.53. The first-order chi connectivity index (χ1) is 5.33. The number of piperazine rings is 1. The third-order valence-corrected chi connectivity index (χ3v) is 1.62. The second-order valence-electron chi connectivity index (χ2n) is 2.55. The Labute approximate surface area is 66.7 Å². The van der Waals surface area contributed by atoms with Crippen molar-refractivity contribution < 1.29 is 4.79 Å². The summed E-state index contributed by atoms with van der Waals surface area (Å²) >= 11 is 0. The van der Waals surface area contributed by atoms with E-state index in [-0.39, 0.29) is 12.1 Å². The SMILES string of the molecule is CCC(=O)NC1CNCC[N]1. The molecule has 1 radical (unpaired) electrons. The summed E-state index contributed by atoms with van der Waals surface area (Å²) in [6.07, 6.45) is 0.530. The molecule has 11 heavy (non-hydrogen) atoms. The van der Waals surface area contributed by atoms with E-state index in [2.05, 4.69) is 16.0 Å². The van der Waals surface area contributed by atoms with E-state index in [4.69, 9.17) is 0 Å². The van der Waals surface area contributed by atoms with Crippen molar-refractivity contribution in [1.82, 2.24) is 16.0 Å². The van der Waals surface area contributed by atoms with Crippen LogP contribution >= 0.6 is 0 Å². The van der Waals surface area contributed by atoms with Gasteiger partial charge in [0.2, 0.25) is 5.91 Å². The van der Waals surface area contributed by atoms with Crippen LogP contribution in [0.5, 0.6) is 0 Å². The van der Waals surface area contributed by atoms with E-state index in [1.807, 2.05) is 6.92 Å². The van der Waals surface area contributed by atoms with Gasteiger partial charge in [-0.15, -0.1) is 0 Å². The van der Waals surface area contributed by atoms with E-state index in [0.29, 0.717) is 6.42 Å². The molecule has 1 amide bonds. The third-order valence-electron chi connectivity index (χ3n) is 1.62. The van der Waals surface area contributed by atoms with E-state index in [9.17, 15) is 4.79 Å². The van der Waals surface area contributed by atoms with E-state index in [0.717, 1.165) is 19.6 Å². The predicted octanol–water partition coefficient (Wildman–Crippen LogP) is -0.954. The number of carbonyl (C=O) groups excluding carboxylic acids is 1. The van der Waals surface area contributed by atoms with Crippen LogP contribution in [0.15, 0.2) is 0 Å². The minimum absolute atomic E-state index is 0.00352. The minimum Gasteiger partial charge on any atom is -0.338 e. The number of rotatable bonds is 2. The van der Waals surface area contributed by atoms with Gasteiger partial charge in [0.1, 0.15) is 6.17 Å². The molecule has 4 heteroatoms. The Morgan fingerprint density at radius 1 is 1.82 bits per heavy atom. The molecule has 1 heterocycles. The molecule has 0 spiro atoms. The first-order valence-corrected chi connectivity index (χ1v) is 3.99. The van der Waals surface area contributed by atoms with Gasteiger partial charge in [-0.3, -0.25) is 4.79 Å². The molecule has 0 saturated carbocycles. The summed E-state index contributed by atoms with van der Waals surface area (Å²) in [5, 5.41) is 10.2. The van der Waals surface area contributed by atoms with E-state index in [1.165, 1.54) is 0 Å². The second kappa shape index (κ2) is 4.31. The topological polar surface area (TPSA) is 55.2 Å². The van der Waals surface area contributed by atoms with Gasteiger partial charge < -0.3 is 10.6 Å². The van der Waals surface area contributed by atoms with Crippen molar-refractivity contribution in [3.8, 4) is 0 Å². The van der Waals surface area contributed by atoms with Crippen molar-refractivity contribution in [3.05, 3.63) is 0 Å². The van der Waals surface area contributed by atoms with Crippen LogP contribution in [0.4, 0.5) is 0 Å². The Bertz CT molecular complexity index is 132. The van der Waals surface area contributed by atoms with Gasteiger partial charge in [0.25, 0.3) is 0 Å². The molecule has 2 N–H and O–H groups in total. The zero-order valence-corrected chi connectivity index (χ0v) is 6.76. The predicted molar refractivity (Wildman–Crippen MR) is 42.1 cm³/mol. The molecule has 1 atom stereocenters. The van der Waals surface area contributed by atoms with Crippen LogP contribution in [0, 0.1) is 0 Å². The van der Waals surface area contributed by atoms with Crippen molar-refractivity contribution in [2.75, 3.05) is 19.6 Å². The summed E-state index contributed by atoms with van der Waals surface area (Å²) in [6, 6.07) is 0. The summed E-state index contributed by atoms with van der Waals surface area (Å²) in [4.78, 5) is 10.9. The Hall–Kier alpha value is -0.610. The highest BCUT2D eigenvalue weighted by atomic mass is 16.1. The fourth-order valence-corrected chi connectivity index (χ4v) is 0.987. The van der Waals surface area contributed by atoms with Crippen molar-refractivity contribution in [2.24, 2.45) is 0 Å². The quantitative estimate of drug-likeness (QED) is 0.541. The lowest BCUT2D eigenvalue weighted by atomic mass is 10.3. The standard InChI is InChI=1S/C7H14N3O/c1-2-7(11)10-6-5-8-3-4-9-6/h6,8H,2-5H2,1H3,(H,10,11). The maximum absolute atomic E-state index is 10.9. The molecule has 0 aromatic heterocycles. The fraction of sp³-hybridized carbons (Fsp3) is 0.857. The average molecular weight is 156 g/mol. The largest absolute Gasteiger partial charge is 0.338 e. The van der Waals surface area contributed by atoms with Crippen molar-refractivity contribution in [3.63, 3.8) is 0 Å². The second-order valence-corrected chi connectivity index (χ2v) is 2.55. The van der Waals surface area contributed by atoms with Crippen molar-refractivity contribution in [1.29, 1.82) is 0 Å². The molecular weight excluding hydrogens is 142 g/mol. The van der Waals surface area contributed by atoms with E-state index < -0.39 is 0 Å². The normalized spacial score (nSPS) is 24.6. The van der Waals surface area contributed by atoms with Crippen LogP contribution in [-0.2, 0) is 4.79 Å². The first-order valence-electron chi connectivity index (χ1n) is 3.99. The van der Waals surface area contributed by atoms with Gasteiger partial charge in [0, 0.05) is 26.1 Å². The zero-order valence-electron chi connectivity index (χ0n) is 6.76. The van der Waals surface area contributed by atoms with Crippen LogP contribution < -0.4 is 16.0 Å². The maximum atomic E-state index is 10.9. The van der Waals surface area contributed by atoms with E-state index >= 15 is 0 Å². The van der Waals surface area contributed by atoms with Crippen LogP contribution in [0.3, 0.4) is 0 Å². The molecular formula is C7H14N3O. The van der Waals surface area contributed by atoms with Gasteiger partial charge >= 0.3 is 0 Å². The molecule has 4 nitrogen and oxygen atoms in total. The number of amides is 1. The summed E-state index contributed by atoms with van der Waals surface area (Å²) < 4.78 is 0. The van der Waals surface area contributed by atoms with Crippen LogP contribution in [-0.4, -0.2) is 31.7 Å². The summed E-state index contributed by atoms with van der Waals surface area (Å²) in [7, 11) is 0. The zero-order chi connectivity index (χ0) is 8.10. The monoisotopic (exact) mass is 156 g/mol. The molecule has 1 fully saturated rings. The lowest BCUT2D eigenvalue weighted by Gasteiger charge is -2.23. The van der Waals surface area contributed by atoms with Gasteiger partial charge in [-0.1, -0.05) is 6.92 Å². The molecule has 1 aliphatic rings. The third kappa shape index (κ3) is 2.86. The Morgan fingerprint density at radius 2 is 2.64 bits per heavy atom. The summed E-state index contributed by atoms with van der Waals surface area (Å²) in [5.41, 5.74) is 0. The number of nitrogens with zero attached hydrogens (tertiary/aromatic N) is 1.